The highest BCUT2D eigenvalue weighted by Gasteiger charge is 2.21. The third kappa shape index (κ3) is 5.18. The second-order valence-corrected chi connectivity index (χ2v) is 7.03. The van der Waals surface area contributed by atoms with Gasteiger partial charge in [0.15, 0.2) is 5.82 Å². The van der Waals surface area contributed by atoms with Crippen molar-refractivity contribution in [1.82, 2.24) is 20.8 Å². The van der Waals surface area contributed by atoms with Crippen LogP contribution in [0.1, 0.15) is 40.6 Å². The molecule has 0 aliphatic rings. The molecule has 2 unspecified atom stereocenters. The van der Waals surface area contributed by atoms with E-state index in [1.165, 1.54) is 0 Å². The third-order valence-electron chi connectivity index (χ3n) is 4.50. The highest BCUT2D eigenvalue weighted by atomic mass is 35.5. The topological polar surface area (TPSA) is 80.0 Å². The number of carbonyl (C=O) groups is 1. The largest absolute Gasteiger partial charge is 0.345 e. The maximum atomic E-state index is 12.8. The minimum atomic E-state index is -0.319. The summed E-state index contributed by atoms with van der Waals surface area (Å²) in [7, 11) is 1.89. The molecule has 0 aliphatic carbocycles. The van der Waals surface area contributed by atoms with Crippen molar-refractivity contribution in [3.8, 4) is 0 Å². The molecule has 2 atom stereocenters. The van der Waals surface area contributed by atoms with Gasteiger partial charge in [-0.3, -0.25) is 4.79 Å². The van der Waals surface area contributed by atoms with Crippen LogP contribution in [0.25, 0.3) is 0 Å². The van der Waals surface area contributed by atoms with E-state index in [0.29, 0.717) is 35.1 Å². The van der Waals surface area contributed by atoms with Gasteiger partial charge in [0.2, 0.25) is 5.89 Å². The minimum absolute atomic E-state index is 0.246. The number of halogens is 1. The van der Waals surface area contributed by atoms with Crippen LogP contribution in [-0.2, 0) is 12.8 Å². The molecule has 1 heterocycles. The fourth-order valence-electron chi connectivity index (χ4n) is 2.83. The fourth-order valence-corrected chi connectivity index (χ4v) is 3.05. The molecule has 0 radical (unpaired) electrons. The van der Waals surface area contributed by atoms with Crippen molar-refractivity contribution in [2.45, 2.75) is 31.8 Å². The van der Waals surface area contributed by atoms with E-state index in [2.05, 4.69) is 20.8 Å². The Morgan fingerprint density at radius 2 is 1.82 bits per heavy atom. The Balaban J connectivity index is 1.79. The van der Waals surface area contributed by atoms with E-state index in [1.807, 2.05) is 44.3 Å². The lowest BCUT2D eigenvalue weighted by Crippen LogP contribution is -2.30. The first-order chi connectivity index (χ1) is 13.6. The molecular weight excluding hydrogens is 376 g/mol. The highest BCUT2D eigenvalue weighted by Crippen LogP contribution is 2.21. The van der Waals surface area contributed by atoms with Crippen molar-refractivity contribution in [2.75, 3.05) is 7.05 Å². The van der Waals surface area contributed by atoms with E-state index in [9.17, 15) is 4.79 Å². The van der Waals surface area contributed by atoms with E-state index in [1.54, 1.807) is 24.3 Å². The third-order valence-corrected chi connectivity index (χ3v) is 4.83. The van der Waals surface area contributed by atoms with E-state index in [-0.39, 0.29) is 18.0 Å². The number of nitrogens with one attached hydrogen (secondary N) is 2. The normalized spacial score (nSPS) is 13.1. The molecule has 2 N–H and O–H groups in total. The summed E-state index contributed by atoms with van der Waals surface area (Å²) in [5.74, 6) is 0.871. The average molecular weight is 399 g/mol. The van der Waals surface area contributed by atoms with Gasteiger partial charge in [-0.1, -0.05) is 59.2 Å². The van der Waals surface area contributed by atoms with Crippen molar-refractivity contribution >= 4 is 17.5 Å². The molecule has 0 saturated heterocycles. The average Bonchev–Trinajstić information content (AvgIpc) is 3.15. The number of carbonyl (C=O) groups excluding carboxylic acids is 1. The standard InChI is InChI=1S/C21H23ClN4O2/c1-14(23-2)12-19-25-20(28-26-19)13-18(15-8-4-3-5-9-15)24-21(27)16-10-6-7-11-17(16)22/h3-11,14,18,23H,12-13H2,1-2H3,(H,24,27). The van der Waals surface area contributed by atoms with Crippen LogP contribution in [-0.4, -0.2) is 29.1 Å². The SMILES string of the molecule is CNC(C)Cc1noc(CC(NC(=O)c2ccccc2Cl)c2ccccc2)n1. The van der Waals surface area contributed by atoms with Crippen LogP contribution in [0.15, 0.2) is 59.1 Å². The Kier molecular flexibility index (Phi) is 6.79. The summed E-state index contributed by atoms with van der Waals surface area (Å²) in [5.41, 5.74) is 1.38. The van der Waals surface area contributed by atoms with Crippen molar-refractivity contribution in [3.63, 3.8) is 0 Å². The second kappa shape index (κ2) is 9.48. The van der Waals surface area contributed by atoms with Crippen molar-refractivity contribution in [2.24, 2.45) is 0 Å². The smallest absolute Gasteiger partial charge is 0.253 e. The Morgan fingerprint density at radius 1 is 1.11 bits per heavy atom. The van der Waals surface area contributed by atoms with Crippen LogP contribution in [0.2, 0.25) is 5.02 Å². The van der Waals surface area contributed by atoms with Crippen molar-refractivity contribution in [1.29, 1.82) is 0 Å². The van der Waals surface area contributed by atoms with Gasteiger partial charge in [0.1, 0.15) is 0 Å². The second-order valence-electron chi connectivity index (χ2n) is 6.62. The predicted molar refractivity (Wildman–Crippen MR) is 108 cm³/mol. The van der Waals surface area contributed by atoms with Gasteiger partial charge in [0.25, 0.3) is 5.91 Å². The molecule has 0 fully saturated rings. The van der Waals surface area contributed by atoms with Crippen LogP contribution in [0, 0.1) is 0 Å². The Bertz CT molecular complexity index is 914. The Morgan fingerprint density at radius 3 is 2.54 bits per heavy atom. The van der Waals surface area contributed by atoms with Crippen LogP contribution in [0.3, 0.4) is 0 Å². The van der Waals surface area contributed by atoms with Gasteiger partial charge < -0.3 is 15.2 Å². The summed E-state index contributed by atoms with van der Waals surface area (Å²) < 4.78 is 5.41. The number of nitrogens with zero attached hydrogens (tertiary/aromatic N) is 2. The molecule has 146 valence electrons. The molecule has 7 heteroatoms. The predicted octanol–water partition coefficient (Wildman–Crippen LogP) is 3.59. The first kappa shape index (κ1) is 20.0. The van der Waals surface area contributed by atoms with Crippen LogP contribution < -0.4 is 10.6 Å². The maximum Gasteiger partial charge on any atom is 0.253 e. The molecule has 0 spiro atoms. The summed E-state index contributed by atoms with van der Waals surface area (Å²) in [6.45, 7) is 2.05. The number of likely N-dealkylation sites (N-methyl/N-ethyl adjacent to an activating group) is 1. The number of rotatable bonds is 8. The zero-order valence-electron chi connectivity index (χ0n) is 15.9. The number of hydrogen-bond acceptors (Lipinski definition) is 5. The molecule has 3 rings (SSSR count). The lowest BCUT2D eigenvalue weighted by atomic mass is 10.0. The van der Waals surface area contributed by atoms with Gasteiger partial charge in [0, 0.05) is 12.5 Å². The van der Waals surface area contributed by atoms with E-state index in [0.717, 1.165) is 5.56 Å². The molecule has 1 amide bonds. The van der Waals surface area contributed by atoms with Gasteiger partial charge in [0.05, 0.1) is 23.0 Å². The highest BCUT2D eigenvalue weighted by molar-refractivity contribution is 6.33. The van der Waals surface area contributed by atoms with E-state index < -0.39 is 0 Å². The summed E-state index contributed by atoms with van der Waals surface area (Å²) in [6.07, 6.45) is 1.06. The molecule has 0 bridgehead atoms. The monoisotopic (exact) mass is 398 g/mol. The van der Waals surface area contributed by atoms with Crippen molar-refractivity contribution < 1.29 is 9.32 Å². The molecule has 0 saturated carbocycles. The number of benzene rings is 2. The lowest BCUT2D eigenvalue weighted by molar-refractivity contribution is 0.0935. The summed E-state index contributed by atoms with van der Waals surface area (Å²) >= 11 is 6.17. The summed E-state index contributed by atoms with van der Waals surface area (Å²) in [5, 5.41) is 10.6. The molecule has 3 aromatic rings. The lowest BCUT2D eigenvalue weighted by Gasteiger charge is -2.18. The molecule has 1 aromatic heterocycles. The number of hydrogen-bond donors (Lipinski definition) is 2. The van der Waals surface area contributed by atoms with Gasteiger partial charge in [-0.2, -0.15) is 4.98 Å². The Hall–Kier alpha value is -2.70. The number of aromatic nitrogens is 2. The zero-order chi connectivity index (χ0) is 19.9. The van der Waals surface area contributed by atoms with Gasteiger partial charge in [-0.25, -0.2) is 0 Å². The van der Waals surface area contributed by atoms with Crippen LogP contribution >= 0.6 is 11.6 Å². The molecule has 28 heavy (non-hydrogen) atoms. The quantitative estimate of drug-likeness (QED) is 0.606. The number of amides is 1. The minimum Gasteiger partial charge on any atom is -0.345 e. The molecule has 2 aromatic carbocycles. The van der Waals surface area contributed by atoms with Crippen LogP contribution in [0.5, 0.6) is 0 Å². The van der Waals surface area contributed by atoms with Crippen molar-refractivity contribution in [3.05, 3.63) is 82.5 Å². The van der Waals surface area contributed by atoms with E-state index >= 15 is 0 Å². The first-order valence-electron chi connectivity index (χ1n) is 9.16. The molecule has 0 aliphatic heterocycles. The summed E-state index contributed by atoms with van der Waals surface area (Å²) in [6, 6.07) is 16.6. The molecular formula is C21H23ClN4O2. The molecule has 6 nitrogen and oxygen atoms in total. The fraction of sp³-hybridized carbons (Fsp3) is 0.286. The summed E-state index contributed by atoms with van der Waals surface area (Å²) in [4.78, 5) is 17.2. The first-order valence-corrected chi connectivity index (χ1v) is 9.53. The zero-order valence-corrected chi connectivity index (χ0v) is 16.6. The van der Waals surface area contributed by atoms with Gasteiger partial charge >= 0.3 is 0 Å². The Labute approximate surface area is 169 Å². The maximum absolute atomic E-state index is 12.8. The van der Waals surface area contributed by atoms with Gasteiger partial charge in [-0.05, 0) is 31.7 Å². The van der Waals surface area contributed by atoms with Crippen LogP contribution in [0.4, 0.5) is 0 Å². The van der Waals surface area contributed by atoms with E-state index in [4.69, 9.17) is 16.1 Å². The van der Waals surface area contributed by atoms with Gasteiger partial charge in [-0.15, -0.1) is 0 Å².